The van der Waals surface area contributed by atoms with Gasteiger partial charge in [-0.1, -0.05) is 72.8 Å². The van der Waals surface area contributed by atoms with E-state index in [9.17, 15) is 9.59 Å². The highest BCUT2D eigenvalue weighted by Crippen LogP contribution is 2.01. The highest BCUT2D eigenvalue weighted by atomic mass is 16.5. The van der Waals surface area contributed by atoms with Crippen LogP contribution in [-0.2, 0) is 19.1 Å². The quantitative estimate of drug-likeness (QED) is 0.717. The van der Waals surface area contributed by atoms with Gasteiger partial charge in [0.2, 0.25) is 0 Å². The van der Waals surface area contributed by atoms with Gasteiger partial charge in [-0.15, -0.1) is 0 Å². The smallest absolute Gasteiger partial charge is 0.302 e. The van der Waals surface area contributed by atoms with Gasteiger partial charge in [0, 0.05) is 13.8 Å². The molecule has 0 amide bonds. The third kappa shape index (κ3) is 11.4. The SMILES string of the molecule is CC(=O)OC/C=C/c1ccccc1.CC(=O)OCC=Cc1ccccc1. The molecule has 0 saturated heterocycles. The van der Waals surface area contributed by atoms with Gasteiger partial charge in [0.1, 0.15) is 13.2 Å². The van der Waals surface area contributed by atoms with Crippen molar-refractivity contribution < 1.29 is 19.1 Å². The summed E-state index contributed by atoms with van der Waals surface area (Å²) in [5.41, 5.74) is 2.21. The molecule has 0 bridgehead atoms. The standard InChI is InChI=1S/2C11H12O2/c2*1-10(12)13-9-5-8-11-6-3-2-4-7-11/h2*2-8H,9H2,1H3/b8-5+;. The van der Waals surface area contributed by atoms with Gasteiger partial charge in [0.25, 0.3) is 0 Å². The fourth-order valence-electron chi connectivity index (χ4n) is 1.83. The minimum atomic E-state index is -0.252. The third-order valence-electron chi connectivity index (χ3n) is 2.99. The number of benzene rings is 2. The zero-order valence-electron chi connectivity index (χ0n) is 15.1. The first-order chi connectivity index (χ1) is 12.6. The second-order valence-electron chi connectivity index (χ2n) is 5.23. The first kappa shape index (κ1) is 20.9. The van der Waals surface area contributed by atoms with Crippen LogP contribution in [0.4, 0.5) is 0 Å². The Morgan fingerprint density at radius 2 is 1.04 bits per heavy atom. The van der Waals surface area contributed by atoms with E-state index in [4.69, 9.17) is 9.47 Å². The van der Waals surface area contributed by atoms with Gasteiger partial charge >= 0.3 is 11.9 Å². The zero-order valence-corrected chi connectivity index (χ0v) is 15.1. The lowest BCUT2D eigenvalue weighted by Gasteiger charge is -1.94. The summed E-state index contributed by atoms with van der Waals surface area (Å²) >= 11 is 0. The van der Waals surface area contributed by atoms with Crippen molar-refractivity contribution in [1.82, 2.24) is 0 Å². The molecule has 0 aliphatic heterocycles. The summed E-state index contributed by atoms with van der Waals surface area (Å²) in [6.07, 6.45) is 7.47. The van der Waals surface area contributed by atoms with Gasteiger partial charge in [-0.3, -0.25) is 9.59 Å². The van der Waals surface area contributed by atoms with Gasteiger partial charge in [-0.2, -0.15) is 0 Å². The predicted molar refractivity (Wildman–Crippen MR) is 104 cm³/mol. The lowest BCUT2D eigenvalue weighted by atomic mass is 10.2. The van der Waals surface area contributed by atoms with E-state index in [1.54, 1.807) is 0 Å². The van der Waals surface area contributed by atoms with Crippen molar-refractivity contribution in [1.29, 1.82) is 0 Å². The maximum absolute atomic E-state index is 10.4. The molecule has 26 heavy (non-hydrogen) atoms. The van der Waals surface area contributed by atoms with Crippen LogP contribution in [0.2, 0.25) is 0 Å². The Labute approximate surface area is 154 Å². The number of carbonyl (C=O) groups is 2. The minimum absolute atomic E-state index is 0.252. The number of hydrogen-bond acceptors (Lipinski definition) is 4. The van der Waals surface area contributed by atoms with Gasteiger partial charge in [-0.05, 0) is 23.3 Å². The molecular formula is C22H24O4. The maximum atomic E-state index is 10.4. The average molecular weight is 352 g/mol. The van der Waals surface area contributed by atoms with Crippen molar-refractivity contribution in [2.75, 3.05) is 13.2 Å². The molecule has 0 spiro atoms. The highest BCUT2D eigenvalue weighted by molar-refractivity contribution is 5.66. The molecule has 0 radical (unpaired) electrons. The predicted octanol–water partition coefficient (Wildman–Crippen LogP) is 4.53. The van der Waals surface area contributed by atoms with E-state index in [0.717, 1.165) is 11.1 Å². The van der Waals surface area contributed by atoms with Crippen LogP contribution in [0.25, 0.3) is 12.2 Å². The van der Waals surface area contributed by atoms with Crippen LogP contribution < -0.4 is 0 Å². The Bertz CT molecular complexity index is 640. The Hall–Kier alpha value is -3.14. The monoisotopic (exact) mass is 352 g/mol. The third-order valence-corrected chi connectivity index (χ3v) is 2.99. The van der Waals surface area contributed by atoms with Crippen LogP contribution in [-0.4, -0.2) is 25.2 Å². The van der Waals surface area contributed by atoms with Crippen LogP contribution in [0.15, 0.2) is 72.8 Å². The summed E-state index contributed by atoms with van der Waals surface area (Å²) in [7, 11) is 0. The number of esters is 2. The molecule has 4 heteroatoms. The first-order valence-electron chi connectivity index (χ1n) is 8.28. The summed E-state index contributed by atoms with van der Waals surface area (Å²) < 4.78 is 9.48. The summed E-state index contributed by atoms with van der Waals surface area (Å²) in [5.74, 6) is -0.504. The van der Waals surface area contributed by atoms with E-state index in [1.807, 2.05) is 85.0 Å². The van der Waals surface area contributed by atoms with Crippen LogP contribution in [0, 0.1) is 0 Å². The van der Waals surface area contributed by atoms with Crippen LogP contribution in [0.1, 0.15) is 25.0 Å². The van der Waals surface area contributed by atoms with Crippen LogP contribution >= 0.6 is 0 Å². The Kier molecular flexibility index (Phi) is 10.6. The van der Waals surface area contributed by atoms with Crippen LogP contribution in [0.5, 0.6) is 0 Å². The fourth-order valence-corrected chi connectivity index (χ4v) is 1.83. The number of carbonyl (C=O) groups excluding carboxylic acids is 2. The molecule has 0 saturated carbocycles. The number of ether oxygens (including phenoxy) is 2. The van der Waals surface area contributed by atoms with Gasteiger partial charge in [-0.25, -0.2) is 0 Å². The molecule has 0 fully saturated rings. The largest absolute Gasteiger partial charge is 0.462 e. The zero-order chi connectivity index (χ0) is 19.0. The van der Waals surface area contributed by atoms with E-state index < -0.39 is 0 Å². The van der Waals surface area contributed by atoms with Crippen molar-refractivity contribution in [2.24, 2.45) is 0 Å². The molecular weight excluding hydrogens is 328 g/mol. The Morgan fingerprint density at radius 1 is 0.692 bits per heavy atom. The molecule has 0 unspecified atom stereocenters. The molecule has 0 aromatic heterocycles. The van der Waals surface area contributed by atoms with Crippen molar-refractivity contribution in [3.8, 4) is 0 Å². The van der Waals surface area contributed by atoms with Gasteiger partial charge in [0.05, 0.1) is 0 Å². The van der Waals surface area contributed by atoms with E-state index in [0.29, 0.717) is 13.2 Å². The van der Waals surface area contributed by atoms with Crippen molar-refractivity contribution in [2.45, 2.75) is 13.8 Å². The highest BCUT2D eigenvalue weighted by Gasteiger charge is 1.88. The first-order valence-corrected chi connectivity index (χ1v) is 8.28. The molecule has 0 atom stereocenters. The summed E-state index contributed by atoms with van der Waals surface area (Å²) in [6.45, 7) is 3.47. The van der Waals surface area contributed by atoms with E-state index in [1.165, 1.54) is 13.8 Å². The molecule has 136 valence electrons. The molecule has 0 heterocycles. The minimum Gasteiger partial charge on any atom is -0.462 e. The van der Waals surface area contributed by atoms with E-state index >= 15 is 0 Å². The maximum Gasteiger partial charge on any atom is 0.302 e. The lowest BCUT2D eigenvalue weighted by molar-refractivity contribution is -0.140. The molecule has 2 rings (SSSR count). The molecule has 0 N–H and O–H groups in total. The van der Waals surface area contributed by atoms with Crippen molar-refractivity contribution >= 4 is 24.1 Å². The topological polar surface area (TPSA) is 52.6 Å². The fraction of sp³-hybridized carbons (Fsp3) is 0.182. The van der Waals surface area contributed by atoms with Crippen LogP contribution in [0.3, 0.4) is 0 Å². The summed E-state index contributed by atoms with van der Waals surface area (Å²) in [4.78, 5) is 20.8. The number of hydrogen-bond donors (Lipinski definition) is 0. The lowest BCUT2D eigenvalue weighted by Crippen LogP contribution is -1.97. The number of rotatable bonds is 6. The Balaban J connectivity index is 0.000000260. The molecule has 0 aliphatic carbocycles. The summed E-state index contributed by atoms with van der Waals surface area (Å²) in [5, 5.41) is 0. The molecule has 0 aliphatic rings. The second kappa shape index (κ2) is 13.2. The van der Waals surface area contributed by atoms with E-state index in [-0.39, 0.29) is 11.9 Å². The second-order valence-corrected chi connectivity index (χ2v) is 5.23. The summed E-state index contributed by atoms with van der Waals surface area (Å²) in [6, 6.07) is 19.7. The molecule has 2 aromatic carbocycles. The van der Waals surface area contributed by atoms with E-state index in [2.05, 4.69) is 0 Å². The van der Waals surface area contributed by atoms with Gasteiger partial charge in [0.15, 0.2) is 0 Å². The van der Waals surface area contributed by atoms with Crippen molar-refractivity contribution in [3.05, 3.63) is 83.9 Å². The normalized spacial score (nSPS) is 10.2. The Morgan fingerprint density at radius 3 is 1.35 bits per heavy atom. The van der Waals surface area contributed by atoms with Gasteiger partial charge < -0.3 is 9.47 Å². The molecule has 4 nitrogen and oxygen atoms in total. The average Bonchev–Trinajstić information content (AvgIpc) is 2.64. The molecule has 2 aromatic rings. The van der Waals surface area contributed by atoms with Crippen molar-refractivity contribution in [3.63, 3.8) is 0 Å².